The Balaban J connectivity index is 2.35. The Morgan fingerprint density at radius 2 is 2.50 bits per heavy atom. The molecule has 0 aromatic rings. The van der Waals surface area contributed by atoms with Crippen LogP contribution >= 0.6 is 11.6 Å². The molecule has 62 valence electrons. The van der Waals surface area contributed by atoms with Crippen LogP contribution in [0.25, 0.3) is 0 Å². The van der Waals surface area contributed by atoms with Gasteiger partial charge in [-0.3, -0.25) is 4.99 Å². The Hall–Kier alpha value is -1.09. The Labute approximate surface area is 75.5 Å². The van der Waals surface area contributed by atoms with Crippen LogP contribution in [0.5, 0.6) is 0 Å². The summed E-state index contributed by atoms with van der Waals surface area (Å²) in [6.45, 7) is 0. The van der Waals surface area contributed by atoms with Crippen molar-refractivity contribution in [3.8, 4) is 0 Å². The van der Waals surface area contributed by atoms with Crippen molar-refractivity contribution in [2.45, 2.75) is 5.38 Å². The third kappa shape index (κ3) is 1.16. The first-order valence-corrected chi connectivity index (χ1v) is 4.10. The molecule has 1 aliphatic heterocycles. The molecule has 0 bridgehead atoms. The van der Waals surface area contributed by atoms with Crippen molar-refractivity contribution in [3.05, 3.63) is 23.9 Å². The van der Waals surface area contributed by atoms with Gasteiger partial charge < -0.3 is 5.32 Å². The molecule has 0 radical (unpaired) electrons. The topological polar surface area (TPSA) is 36.8 Å². The summed E-state index contributed by atoms with van der Waals surface area (Å²) in [7, 11) is 1.70. The van der Waals surface area contributed by atoms with Gasteiger partial charge in [-0.2, -0.15) is 0 Å². The van der Waals surface area contributed by atoms with Crippen molar-refractivity contribution in [2.75, 3.05) is 7.05 Å². The minimum atomic E-state index is -0.0392. The zero-order chi connectivity index (χ0) is 8.55. The number of hydrogen-bond acceptors (Lipinski definition) is 1. The Morgan fingerprint density at radius 3 is 3.25 bits per heavy atom. The first-order chi connectivity index (χ1) is 5.79. The van der Waals surface area contributed by atoms with Crippen molar-refractivity contribution in [3.63, 3.8) is 0 Å². The molecule has 4 heteroatoms. The standard InChI is InChI=1S/C8H8ClN3/c1-10-8-11-6-3-2-5(9)4-7(6)12-8/h2-5H,1H3,(H,10,12). The number of fused-ring (bicyclic) bond motifs is 1. The monoisotopic (exact) mass is 181 g/mol. The number of hydrogen-bond donors (Lipinski definition) is 1. The highest BCUT2D eigenvalue weighted by Crippen LogP contribution is 2.15. The van der Waals surface area contributed by atoms with E-state index in [4.69, 9.17) is 11.6 Å². The third-order valence-electron chi connectivity index (χ3n) is 1.72. The summed E-state index contributed by atoms with van der Waals surface area (Å²) in [5, 5.41) is 3.01. The number of allylic oxidation sites excluding steroid dienone is 3. The molecule has 1 unspecified atom stereocenters. The Kier molecular flexibility index (Phi) is 1.73. The normalized spacial score (nSPS) is 29.5. The number of halogens is 1. The fourth-order valence-electron chi connectivity index (χ4n) is 1.14. The van der Waals surface area contributed by atoms with Crippen molar-refractivity contribution in [2.24, 2.45) is 9.98 Å². The Bertz CT molecular complexity index is 325. The summed E-state index contributed by atoms with van der Waals surface area (Å²) in [4.78, 5) is 8.14. The first-order valence-electron chi connectivity index (χ1n) is 3.66. The van der Waals surface area contributed by atoms with Crippen LogP contribution < -0.4 is 5.32 Å². The van der Waals surface area contributed by atoms with Crippen molar-refractivity contribution in [1.82, 2.24) is 5.32 Å². The lowest BCUT2D eigenvalue weighted by Gasteiger charge is -2.06. The molecule has 0 aromatic carbocycles. The second-order valence-corrected chi connectivity index (χ2v) is 3.06. The number of nitrogens with one attached hydrogen (secondary N) is 1. The van der Waals surface area contributed by atoms with Gasteiger partial charge in [0.15, 0.2) is 0 Å². The maximum Gasteiger partial charge on any atom is 0.222 e. The van der Waals surface area contributed by atoms with Gasteiger partial charge in [0.25, 0.3) is 0 Å². The molecular formula is C8H8ClN3. The zero-order valence-corrected chi connectivity index (χ0v) is 7.34. The van der Waals surface area contributed by atoms with E-state index in [-0.39, 0.29) is 5.38 Å². The molecule has 1 heterocycles. The van der Waals surface area contributed by atoms with Crippen LogP contribution in [0.4, 0.5) is 0 Å². The molecule has 0 fully saturated rings. The van der Waals surface area contributed by atoms with E-state index < -0.39 is 0 Å². The van der Waals surface area contributed by atoms with Gasteiger partial charge in [-0.25, -0.2) is 4.99 Å². The SMILES string of the molecule is CN=C1N=C2C=CC(Cl)C=C2N1. The van der Waals surface area contributed by atoms with Crippen LogP contribution in [0.15, 0.2) is 33.9 Å². The Morgan fingerprint density at radius 1 is 1.67 bits per heavy atom. The number of alkyl halides is 1. The van der Waals surface area contributed by atoms with Gasteiger partial charge in [0.05, 0.1) is 16.8 Å². The lowest BCUT2D eigenvalue weighted by Crippen LogP contribution is -2.18. The minimum absolute atomic E-state index is 0.0392. The quantitative estimate of drug-likeness (QED) is 0.558. The molecule has 1 aliphatic carbocycles. The average Bonchev–Trinajstić information content (AvgIpc) is 2.46. The summed E-state index contributed by atoms with van der Waals surface area (Å²) in [5.41, 5.74) is 1.87. The fraction of sp³-hybridized carbons (Fsp3) is 0.250. The van der Waals surface area contributed by atoms with Crippen LogP contribution in [-0.2, 0) is 0 Å². The van der Waals surface area contributed by atoms with E-state index in [9.17, 15) is 0 Å². The highest BCUT2D eigenvalue weighted by Gasteiger charge is 2.19. The molecule has 0 saturated heterocycles. The molecule has 1 N–H and O–H groups in total. The summed E-state index contributed by atoms with van der Waals surface area (Å²) in [5.74, 6) is 0.645. The second kappa shape index (κ2) is 2.75. The maximum absolute atomic E-state index is 5.88. The lowest BCUT2D eigenvalue weighted by molar-refractivity contribution is 1.17. The molecule has 12 heavy (non-hydrogen) atoms. The highest BCUT2D eigenvalue weighted by atomic mass is 35.5. The van der Waals surface area contributed by atoms with Gasteiger partial charge in [0.2, 0.25) is 5.96 Å². The van der Waals surface area contributed by atoms with E-state index in [1.807, 2.05) is 18.2 Å². The van der Waals surface area contributed by atoms with Crippen molar-refractivity contribution < 1.29 is 0 Å². The van der Waals surface area contributed by atoms with Gasteiger partial charge in [-0.15, -0.1) is 11.6 Å². The van der Waals surface area contributed by atoms with Crippen LogP contribution in [0.2, 0.25) is 0 Å². The summed E-state index contributed by atoms with van der Waals surface area (Å²) < 4.78 is 0. The summed E-state index contributed by atoms with van der Waals surface area (Å²) in [6, 6.07) is 0. The first kappa shape index (κ1) is 7.55. The minimum Gasteiger partial charge on any atom is -0.323 e. The van der Waals surface area contributed by atoms with E-state index in [1.54, 1.807) is 7.05 Å². The van der Waals surface area contributed by atoms with Crippen LogP contribution in [0, 0.1) is 0 Å². The highest BCUT2D eigenvalue weighted by molar-refractivity contribution is 6.27. The van der Waals surface area contributed by atoms with E-state index in [0.717, 1.165) is 11.4 Å². The second-order valence-electron chi connectivity index (χ2n) is 2.55. The third-order valence-corrected chi connectivity index (χ3v) is 2.00. The molecule has 0 aromatic heterocycles. The smallest absolute Gasteiger partial charge is 0.222 e. The van der Waals surface area contributed by atoms with Gasteiger partial charge in [0.1, 0.15) is 0 Å². The van der Waals surface area contributed by atoms with Gasteiger partial charge in [-0.1, -0.05) is 6.08 Å². The molecule has 2 aliphatic rings. The van der Waals surface area contributed by atoms with Crippen LogP contribution in [0.3, 0.4) is 0 Å². The van der Waals surface area contributed by atoms with Crippen LogP contribution in [-0.4, -0.2) is 24.1 Å². The van der Waals surface area contributed by atoms with Gasteiger partial charge in [0, 0.05) is 7.05 Å². The van der Waals surface area contributed by atoms with Gasteiger partial charge >= 0.3 is 0 Å². The van der Waals surface area contributed by atoms with E-state index in [0.29, 0.717) is 5.96 Å². The van der Waals surface area contributed by atoms with Crippen molar-refractivity contribution >= 4 is 23.3 Å². The van der Waals surface area contributed by atoms with E-state index in [2.05, 4.69) is 15.3 Å². The molecule has 3 nitrogen and oxygen atoms in total. The predicted octanol–water partition coefficient (Wildman–Crippen LogP) is 1.08. The predicted molar refractivity (Wildman–Crippen MR) is 50.8 cm³/mol. The van der Waals surface area contributed by atoms with E-state index >= 15 is 0 Å². The lowest BCUT2D eigenvalue weighted by atomic mass is 10.1. The average molecular weight is 182 g/mol. The molecular weight excluding hydrogens is 174 g/mol. The van der Waals surface area contributed by atoms with Crippen molar-refractivity contribution in [1.29, 1.82) is 0 Å². The fourth-order valence-corrected chi connectivity index (χ4v) is 1.34. The van der Waals surface area contributed by atoms with Crippen LogP contribution in [0.1, 0.15) is 0 Å². The zero-order valence-electron chi connectivity index (χ0n) is 6.58. The molecule has 0 saturated carbocycles. The molecule has 0 amide bonds. The molecule has 2 rings (SSSR count). The maximum atomic E-state index is 5.88. The summed E-state index contributed by atoms with van der Waals surface area (Å²) in [6.07, 6.45) is 5.71. The largest absolute Gasteiger partial charge is 0.323 e. The van der Waals surface area contributed by atoms with E-state index in [1.165, 1.54) is 0 Å². The number of guanidine groups is 1. The summed E-state index contributed by atoms with van der Waals surface area (Å²) >= 11 is 5.88. The molecule has 1 atom stereocenters. The van der Waals surface area contributed by atoms with Gasteiger partial charge in [-0.05, 0) is 12.2 Å². The number of rotatable bonds is 0. The number of nitrogens with zero attached hydrogens (tertiary/aromatic N) is 2. The molecule has 0 spiro atoms. The number of aliphatic imine (C=N–C) groups is 2.